The monoisotopic (exact) mass is 318 g/mol. The van der Waals surface area contributed by atoms with Crippen LogP contribution in [0.1, 0.15) is 5.56 Å². The van der Waals surface area contributed by atoms with Crippen LogP contribution in [0.4, 0.5) is 22.0 Å². The second-order valence-electron chi connectivity index (χ2n) is 3.46. The molecule has 17 heavy (non-hydrogen) atoms. The van der Waals surface area contributed by atoms with Crippen molar-refractivity contribution in [3.8, 4) is 5.75 Å². The average Bonchev–Trinajstić information content (AvgIpc) is 2.11. The number of halogens is 6. The van der Waals surface area contributed by atoms with Gasteiger partial charge in [0.15, 0.2) is 6.61 Å². The van der Waals surface area contributed by atoms with Gasteiger partial charge in [-0.1, -0.05) is 15.9 Å². The van der Waals surface area contributed by atoms with Gasteiger partial charge in [-0.25, -0.2) is 0 Å². The van der Waals surface area contributed by atoms with Crippen molar-refractivity contribution in [3.63, 3.8) is 0 Å². The Morgan fingerprint density at radius 2 is 1.71 bits per heavy atom. The van der Waals surface area contributed by atoms with Gasteiger partial charge in [0.2, 0.25) is 0 Å². The molecule has 0 heterocycles. The molecule has 1 aromatic rings. The summed E-state index contributed by atoms with van der Waals surface area (Å²) in [6.07, 6.45) is -5.60. The molecule has 0 saturated carbocycles. The molecule has 0 aliphatic carbocycles. The number of ether oxygens (including phenoxy) is 1. The van der Waals surface area contributed by atoms with E-state index in [1.54, 1.807) is 13.0 Å². The maximum Gasteiger partial charge on any atom is 0.456 e. The van der Waals surface area contributed by atoms with Crippen LogP contribution < -0.4 is 4.74 Å². The Balaban J connectivity index is 2.74. The van der Waals surface area contributed by atoms with E-state index in [0.717, 1.165) is 0 Å². The van der Waals surface area contributed by atoms with E-state index in [1.807, 2.05) is 0 Å². The fraction of sp³-hybridized carbons (Fsp3) is 0.400. The van der Waals surface area contributed by atoms with Crippen molar-refractivity contribution >= 4 is 15.9 Å². The Morgan fingerprint density at radius 3 is 2.18 bits per heavy atom. The highest BCUT2D eigenvalue weighted by Crippen LogP contribution is 2.36. The summed E-state index contributed by atoms with van der Waals surface area (Å²) in [6, 6.07) is 4.37. The van der Waals surface area contributed by atoms with Gasteiger partial charge in [-0.15, -0.1) is 0 Å². The lowest BCUT2D eigenvalue weighted by Crippen LogP contribution is -2.41. The predicted molar refractivity (Wildman–Crippen MR) is 55.4 cm³/mol. The standard InChI is InChI=1S/C10H8BrF5O/c1-6-2-7(11)4-8(3-6)17-5-9(12,13)10(14,15)16/h2-4H,5H2,1H3. The molecule has 0 aromatic heterocycles. The first-order chi connectivity index (χ1) is 7.62. The zero-order chi connectivity index (χ0) is 13.3. The number of alkyl halides is 5. The van der Waals surface area contributed by atoms with Crippen molar-refractivity contribution in [1.29, 1.82) is 0 Å². The Labute approximate surface area is 103 Å². The second-order valence-corrected chi connectivity index (χ2v) is 4.37. The van der Waals surface area contributed by atoms with Gasteiger partial charge in [-0.2, -0.15) is 22.0 Å². The number of rotatable bonds is 3. The zero-order valence-electron chi connectivity index (χ0n) is 8.62. The lowest BCUT2D eigenvalue weighted by molar-refractivity contribution is -0.290. The molecule has 0 unspecified atom stereocenters. The van der Waals surface area contributed by atoms with E-state index in [-0.39, 0.29) is 5.75 Å². The van der Waals surface area contributed by atoms with Gasteiger partial charge in [0.25, 0.3) is 0 Å². The summed E-state index contributed by atoms with van der Waals surface area (Å²) in [4.78, 5) is 0. The molecule has 0 aliphatic heterocycles. The van der Waals surface area contributed by atoms with Crippen molar-refractivity contribution in [3.05, 3.63) is 28.2 Å². The first kappa shape index (κ1) is 14.2. The molecule has 0 aliphatic rings. The van der Waals surface area contributed by atoms with Crippen LogP contribution in [-0.2, 0) is 0 Å². The molecule has 0 amide bonds. The van der Waals surface area contributed by atoms with Crippen LogP contribution in [0.15, 0.2) is 22.7 Å². The van der Waals surface area contributed by atoms with E-state index in [4.69, 9.17) is 0 Å². The largest absolute Gasteiger partial charge is 0.487 e. The minimum Gasteiger partial charge on any atom is -0.487 e. The van der Waals surface area contributed by atoms with E-state index in [1.165, 1.54) is 12.1 Å². The average molecular weight is 319 g/mol. The normalized spacial score (nSPS) is 12.6. The third-order valence-corrected chi connectivity index (χ3v) is 2.31. The summed E-state index contributed by atoms with van der Waals surface area (Å²) in [5.74, 6) is -4.90. The quantitative estimate of drug-likeness (QED) is 0.754. The van der Waals surface area contributed by atoms with Crippen LogP contribution in [-0.4, -0.2) is 18.7 Å². The Kier molecular flexibility index (Phi) is 4.01. The first-order valence-corrected chi connectivity index (χ1v) is 5.26. The van der Waals surface area contributed by atoms with Crippen molar-refractivity contribution in [2.45, 2.75) is 19.0 Å². The van der Waals surface area contributed by atoms with Gasteiger partial charge < -0.3 is 4.74 Å². The van der Waals surface area contributed by atoms with Crippen LogP contribution in [0.2, 0.25) is 0 Å². The number of hydrogen-bond donors (Lipinski definition) is 0. The molecule has 0 atom stereocenters. The maximum absolute atomic E-state index is 12.6. The lowest BCUT2D eigenvalue weighted by Gasteiger charge is -2.19. The molecular formula is C10H8BrF5O. The van der Waals surface area contributed by atoms with Gasteiger partial charge in [0.05, 0.1) is 0 Å². The van der Waals surface area contributed by atoms with Gasteiger partial charge in [0.1, 0.15) is 5.75 Å². The first-order valence-electron chi connectivity index (χ1n) is 4.46. The van der Waals surface area contributed by atoms with Crippen LogP contribution in [0.5, 0.6) is 5.75 Å². The Hall–Kier alpha value is -0.850. The summed E-state index contributed by atoms with van der Waals surface area (Å²) in [7, 11) is 0. The Bertz CT molecular complexity index is 382. The summed E-state index contributed by atoms with van der Waals surface area (Å²) < 4.78 is 65.7. The topological polar surface area (TPSA) is 9.23 Å². The van der Waals surface area contributed by atoms with E-state index in [2.05, 4.69) is 20.7 Å². The zero-order valence-corrected chi connectivity index (χ0v) is 10.2. The molecule has 1 nitrogen and oxygen atoms in total. The maximum atomic E-state index is 12.6. The number of benzene rings is 1. The van der Waals surface area contributed by atoms with Gasteiger partial charge in [-0.05, 0) is 30.7 Å². The summed E-state index contributed by atoms with van der Waals surface area (Å²) >= 11 is 3.08. The van der Waals surface area contributed by atoms with Crippen molar-refractivity contribution in [2.24, 2.45) is 0 Å². The summed E-state index contributed by atoms with van der Waals surface area (Å²) in [5, 5.41) is 0. The smallest absolute Gasteiger partial charge is 0.456 e. The van der Waals surface area contributed by atoms with Crippen LogP contribution in [0, 0.1) is 6.92 Å². The molecule has 0 bridgehead atoms. The van der Waals surface area contributed by atoms with Crippen molar-refractivity contribution in [1.82, 2.24) is 0 Å². The molecule has 0 radical (unpaired) electrons. The summed E-state index contributed by atoms with van der Waals surface area (Å²) in [6.45, 7) is -0.0636. The lowest BCUT2D eigenvalue weighted by atomic mass is 10.2. The molecule has 0 N–H and O–H groups in total. The van der Waals surface area contributed by atoms with Gasteiger partial charge >= 0.3 is 12.1 Å². The third kappa shape index (κ3) is 3.83. The minimum absolute atomic E-state index is 0.0409. The molecule has 1 aromatic carbocycles. The highest BCUT2D eigenvalue weighted by molar-refractivity contribution is 9.10. The number of aryl methyl sites for hydroxylation is 1. The highest BCUT2D eigenvalue weighted by atomic mass is 79.9. The molecule has 0 spiro atoms. The molecule has 7 heteroatoms. The van der Waals surface area contributed by atoms with E-state index < -0.39 is 18.7 Å². The van der Waals surface area contributed by atoms with Crippen molar-refractivity contribution < 1.29 is 26.7 Å². The molecule has 96 valence electrons. The van der Waals surface area contributed by atoms with Crippen LogP contribution >= 0.6 is 15.9 Å². The number of hydrogen-bond acceptors (Lipinski definition) is 1. The minimum atomic E-state index is -5.60. The predicted octanol–water partition coefficient (Wildman–Crippen LogP) is 4.33. The Morgan fingerprint density at radius 1 is 1.12 bits per heavy atom. The molecular weight excluding hydrogens is 311 g/mol. The van der Waals surface area contributed by atoms with Crippen molar-refractivity contribution in [2.75, 3.05) is 6.61 Å². The van der Waals surface area contributed by atoms with Crippen LogP contribution in [0.3, 0.4) is 0 Å². The van der Waals surface area contributed by atoms with Gasteiger partial charge in [-0.3, -0.25) is 0 Å². The molecule has 0 fully saturated rings. The van der Waals surface area contributed by atoms with E-state index >= 15 is 0 Å². The van der Waals surface area contributed by atoms with Crippen LogP contribution in [0.25, 0.3) is 0 Å². The SMILES string of the molecule is Cc1cc(Br)cc(OCC(F)(F)C(F)(F)F)c1. The molecule has 0 saturated heterocycles. The second kappa shape index (κ2) is 4.80. The van der Waals surface area contributed by atoms with E-state index in [0.29, 0.717) is 10.0 Å². The fourth-order valence-electron chi connectivity index (χ4n) is 1.04. The fourth-order valence-corrected chi connectivity index (χ4v) is 1.63. The molecule has 1 rings (SSSR count). The highest BCUT2D eigenvalue weighted by Gasteiger charge is 2.58. The third-order valence-electron chi connectivity index (χ3n) is 1.85. The van der Waals surface area contributed by atoms with E-state index in [9.17, 15) is 22.0 Å². The van der Waals surface area contributed by atoms with Gasteiger partial charge in [0, 0.05) is 4.47 Å². The summed E-state index contributed by atoms with van der Waals surface area (Å²) in [5.41, 5.74) is 0.685.